The molecular formula is C24H28N2O2. The lowest BCUT2D eigenvalue weighted by Crippen LogP contribution is -2.49. The largest absolute Gasteiger partial charge is 0.489 e. The summed E-state index contributed by atoms with van der Waals surface area (Å²) < 4.78 is 5.81. The van der Waals surface area contributed by atoms with E-state index in [2.05, 4.69) is 28.3 Å². The molecule has 3 rings (SSSR count). The predicted octanol–water partition coefficient (Wildman–Crippen LogP) is 3.41. The lowest BCUT2D eigenvalue weighted by atomic mass is 10.0. The Morgan fingerprint density at radius 2 is 1.89 bits per heavy atom. The standard InChI is InChI=1S/C24H28N2O2/c1-2-17-26-18-7-6-10-23(26)24(27)25-16-15-20-11-13-22(14-12-20)28-19-21-8-4-3-5-9-21/h1,3-5,8-9,11-14,23H,6-7,10,15-19H2,(H,25,27). The van der Waals surface area contributed by atoms with Gasteiger partial charge in [-0.05, 0) is 49.1 Å². The molecule has 0 bridgehead atoms. The lowest BCUT2D eigenvalue weighted by Gasteiger charge is -2.33. The van der Waals surface area contributed by atoms with Crippen LogP contribution in [0.4, 0.5) is 0 Å². The van der Waals surface area contributed by atoms with Gasteiger partial charge in [-0.25, -0.2) is 0 Å². The molecule has 28 heavy (non-hydrogen) atoms. The molecule has 4 heteroatoms. The highest BCUT2D eigenvalue weighted by Crippen LogP contribution is 2.17. The minimum Gasteiger partial charge on any atom is -0.489 e. The van der Waals surface area contributed by atoms with Crippen molar-refractivity contribution < 1.29 is 9.53 Å². The molecule has 0 aromatic heterocycles. The molecule has 1 atom stereocenters. The van der Waals surface area contributed by atoms with E-state index in [0.717, 1.165) is 43.5 Å². The average Bonchev–Trinajstić information content (AvgIpc) is 2.74. The van der Waals surface area contributed by atoms with E-state index in [4.69, 9.17) is 11.2 Å². The number of amides is 1. The van der Waals surface area contributed by atoms with E-state index in [9.17, 15) is 4.79 Å². The Bertz CT molecular complexity index is 781. The fourth-order valence-corrected chi connectivity index (χ4v) is 3.54. The Morgan fingerprint density at radius 1 is 1.11 bits per heavy atom. The fraction of sp³-hybridized carbons (Fsp3) is 0.375. The monoisotopic (exact) mass is 376 g/mol. The second kappa shape index (κ2) is 10.5. The zero-order valence-electron chi connectivity index (χ0n) is 16.3. The Morgan fingerprint density at radius 3 is 2.64 bits per heavy atom. The van der Waals surface area contributed by atoms with Crippen LogP contribution in [-0.2, 0) is 17.8 Å². The van der Waals surface area contributed by atoms with Gasteiger partial charge >= 0.3 is 0 Å². The number of rotatable bonds is 8. The summed E-state index contributed by atoms with van der Waals surface area (Å²) in [5, 5.41) is 3.07. The maximum atomic E-state index is 12.5. The smallest absolute Gasteiger partial charge is 0.237 e. The van der Waals surface area contributed by atoms with E-state index in [-0.39, 0.29) is 11.9 Å². The van der Waals surface area contributed by atoms with Crippen LogP contribution in [0.3, 0.4) is 0 Å². The van der Waals surface area contributed by atoms with Gasteiger partial charge in [0, 0.05) is 6.54 Å². The Balaban J connectivity index is 1.42. The summed E-state index contributed by atoms with van der Waals surface area (Å²) in [7, 11) is 0. The summed E-state index contributed by atoms with van der Waals surface area (Å²) in [5.41, 5.74) is 2.33. The highest BCUT2D eigenvalue weighted by atomic mass is 16.5. The first-order valence-electron chi connectivity index (χ1n) is 9.97. The van der Waals surface area contributed by atoms with Crippen LogP contribution in [0.2, 0.25) is 0 Å². The molecule has 1 amide bonds. The highest BCUT2D eigenvalue weighted by Gasteiger charge is 2.27. The number of benzene rings is 2. The number of hydrogen-bond acceptors (Lipinski definition) is 3. The molecule has 1 fully saturated rings. The molecule has 2 aromatic rings. The van der Waals surface area contributed by atoms with Crippen molar-refractivity contribution in [3.8, 4) is 18.1 Å². The number of terminal acetylenes is 1. The Hall–Kier alpha value is -2.77. The van der Waals surface area contributed by atoms with E-state index in [1.165, 1.54) is 5.56 Å². The van der Waals surface area contributed by atoms with E-state index >= 15 is 0 Å². The zero-order chi connectivity index (χ0) is 19.6. The van der Waals surface area contributed by atoms with Gasteiger partial charge in [-0.1, -0.05) is 54.8 Å². The summed E-state index contributed by atoms with van der Waals surface area (Å²) in [4.78, 5) is 14.6. The number of carbonyl (C=O) groups excluding carboxylic acids is 1. The number of hydrogen-bond donors (Lipinski definition) is 1. The predicted molar refractivity (Wildman–Crippen MR) is 112 cm³/mol. The van der Waals surface area contributed by atoms with Crippen molar-refractivity contribution in [1.29, 1.82) is 0 Å². The lowest BCUT2D eigenvalue weighted by molar-refractivity contribution is -0.127. The molecule has 0 aliphatic carbocycles. The third-order valence-corrected chi connectivity index (χ3v) is 5.10. The number of nitrogens with one attached hydrogen (secondary N) is 1. The number of likely N-dealkylation sites (tertiary alicyclic amines) is 1. The molecule has 1 unspecified atom stereocenters. The van der Waals surface area contributed by atoms with Crippen LogP contribution in [0.25, 0.3) is 0 Å². The van der Waals surface area contributed by atoms with Crippen LogP contribution in [0, 0.1) is 12.3 Å². The van der Waals surface area contributed by atoms with Gasteiger partial charge in [-0.15, -0.1) is 6.42 Å². The summed E-state index contributed by atoms with van der Waals surface area (Å²) in [6.07, 6.45) is 9.32. The summed E-state index contributed by atoms with van der Waals surface area (Å²) in [6, 6.07) is 18.1. The number of nitrogens with zero attached hydrogens (tertiary/aromatic N) is 1. The second-order valence-electron chi connectivity index (χ2n) is 7.15. The maximum Gasteiger partial charge on any atom is 0.237 e. The van der Waals surface area contributed by atoms with Crippen molar-refractivity contribution in [3.63, 3.8) is 0 Å². The summed E-state index contributed by atoms with van der Waals surface area (Å²) in [5.74, 6) is 3.61. The average molecular weight is 377 g/mol. The molecule has 0 saturated carbocycles. The van der Waals surface area contributed by atoms with Crippen LogP contribution in [0.5, 0.6) is 5.75 Å². The van der Waals surface area contributed by atoms with Gasteiger partial charge in [0.1, 0.15) is 12.4 Å². The SMILES string of the molecule is C#CCN1CCCCC1C(=O)NCCc1ccc(OCc2ccccc2)cc1. The molecule has 1 saturated heterocycles. The first kappa shape index (κ1) is 20.0. The molecule has 1 heterocycles. The van der Waals surface area contributed by atoms with E-state index in [0.29, 0.717) is 19.7 Å². The van der Waals surface area contributed by atoms with Crippen molar-refractivity contribution in [3.05, 3.63) is 65.7 Å². The first-order chi connectivity index (χ1) is 13.8. The third-order valence-electron chi connectivity index (χ3n) is 5.10. The zero-order valence-corrected chi connectivity index (χ0v) is 16.3. The van der Waals surface area contributed by atoms with Crippen molar-refractivity contribution in [2.24, 2.45) is 0 Å². The van der Waals surface area contributed by atoms with E-state index < -0.39 is 0 Å². The van der Waals surface area contributed by atoms with Gasteiger partial charge in [-0.2, -0.15) is 0 Å². The summed E-state index contributed by atoms with van der Waals surface area (Å²) in [6.45, 7) is 2.64. The maximum absolute atomic E-state index is 12.5. The van der Waals surface area contributed by atoms with E-state index in [1.807, 2.05) is 42.5 Å². The van der Waals surface area contributed by atoms with Crippen LogP contribution < -0.4 is 10.1 Å². The quantitative estimate of drug-likeness (QED) is 0.718. The molecule has 1 aliphatic rings. The summed E-state index contributed by atoms with van der Waals surface area (Å²) >= 11 is 0. The van der Waals surface area contributed by atoms with Crippen molar-refractivity contribution >= 4 is 5.91 Å². The molecular weight excluding hydrogens is 348 g/mol. The van der Waals surface area contributed by atoms with Gasteiger partial charge < -0.3 is 10.1 Å². The minimum absolute atomic E-state index is 0.0847. The van der Waals surface area contributed by atoms with Crippen molar-refractivity contribution in [1.82, 2.24) is 10.2 Å². The van der Waals surface area contributed by atoms with Gasteiger partial charge in [0.05, 0.1) is 12.6 Å². The number of piperidine rings is 1. The third kappa shape index (κ3) is 5.87. The van der Waals surface area contributed by atoms with E-state index in [1.54, 1.807) is 0 Å². The topological polar surface area (TPSA) is 41.6 Å². The molecule has 0 radical (unpaired) electrons. The van der Waals surface area contributed by atoms with Gasteiger partial charge in [-0.3, -0.25) is 9.69 Å². The molecule has 1 aliphatic heterocycles. The number of carbonyl (C=O) groups is 1. The van der Waals surface area contributed by atoms with Crippen LogP contribution >= 0.6 is 0 Å². The Kier molecular flexibility index (Phi) is 7.52. The minimum atomic E-state index is -0.0847. The van der Waals surface area contributed by atoms with Crippen LogP contribution in [0.15, 0.2) is 54.6 Å². The molecule has 1 N–H and O–H groups in total. The van der Waals surface area contributed by atoms with Crippen molar-refractivity contribution in [2.45, 2.75) is 38.3 Å². The van der Waals surface area contributed by atoms with Crippen molar-refractivity contribution in [2.75, 3.05) is 19.6 Å². The molecule has 2 aromatic carbocycles. The second-order valence-corrected chi connectivity index (χ2v) is 7.15. The Labute approximate surface area is 167 Å². The van der Waals surface area contributed by atoms with Crippen LogP contribution in [0.1, 0.15) is 30.4 Å². The van der Waals surface area contributed by atoms with Gasteiger partial charge in [0.25, 0.3) is 0 Å². The highest BCUT2D eigenvalue weighted by molar-refractivity contribution is 5.81. The van der Waals surface area contributed by atoms with Gasteiger partial charge in [0.15, 0.2) is 0 Å². The van der Waals surface area contributed by atoms with Crippen LogP contribution in [-0.4, -0.2) is 36.5 Å². The van der Waals surface area contributed by atoms with Gasteiger partial charge in [0.2, 0.25) is 5.91 Å². The fourth-order valence-electron chi connectivity index (χ4n) is 3.54. The molecule has 4 nitrogen and oxygen atoms in total. The molecule has 0 spiro atoms. The molecule has 146 valence electrons. The first-order valence-corrected chi connectivity index (χ1v) is 9.97. The normalized spacial score (nSPS) is 16.9. The number of ether oxygens (including phenoxy) is 1.